The van der Waals surface area contributed by atoms with Crippen LogP contribution in [0.4, 0.5) is 4.39 Å². The Hall–Kier alpha value is -0.740. The third-order valence-corrected chi connectivity index (χ3v) is 4.71. The number of benzene rings is 1. The molecule has 0 aliphatic heterocycles. The van der Waals surface area contributed by atoms with Crippen molar-refractivity contribution < 1.29 is 4.39 Å². The van der Waals surface area contributed by atoms with Gasteiger partial charge >= 0.3 is 0 Å². The van der Waals surface area contributed by atoms with Crippen molar-refractivity contribution in [3.8, 4) is 0 Å². The second-order valence-corrected chi connectivity index (χ2v) is 7.56. The van der Waals surface area contributed by atoms with Crippen molar-refractivity contribution in [2.45, 2.75) is 33.2 Å². The zero-order chi connectivity index (χ0) is 17.4. The number of hydrogen-bond donors (Lipinski definition) is 2. The maximum atomic E-state index is 13.8. The Kier molecular flexibility index (Phi) is 10.5. The molecule has 0 radical (unpaired) electrons. The lowest BCUT2D eigenvalue weighted by atomic mass is 10.1. The number of aryl methyl sites for hydroxylation is 2. The normalized spacial score (nSPS) is 11.1. The molecule has 0 saturated heterocycles. The Labute approximate surface area is 177 Å². The lowest BCUT2D eigenvalue weighted by Gasteiger charge is -2.11. The summed E-state index contributed by atoms with van der Waals surface area (Å²) in [5.74, 6) is 0.603. The summed E-state index contributed by atoms with van der Waals surface area (Å²) in [5, 5.41) is 7.50. The molecule has 0 aliphatic rings. The summed E-state index contributed by atoms with van der Waals surface area (Å²) in [6.45, 7) is 6.16. The summed E-state index contributed by atoms with van der Waals surface area (Å²) in [4.78, 5) is 10.0. The Morgan fingerprint density at radius 3 is 2.80 bits per heavy atom. The van der Waals surface area contributed by atoms with Gasteiger partial charge in [-0.2, -0.15) is 0 Å². The molecule has 2 N–H and O–H groups in total. The smallest absolute Gasteiger partial charge is 0.191 e. The standard InChI is InChI=1S/C17H22BrFN4S.HI/c1-3-20-17(23-11-16-22-10-12(2)24-16)21-8-4-5-13-6-7-14(18)9-15(13)19;/h6-7,9-10H,3-5,8,11H2,1-2H3,(H2,20,21,23);1H. The summed E-state index contributed by atoms with van der Waals surface area (Å²) in [6.07, 6.45) is 3.39. The van der Waals surface area contributed by atoms with Crippen molar-refractivity contribution in [2.75, 3.05) is 13.1 Å². The van der Waals surface area contributed by atoms with Gasteiger partial charge < -0.3 is 10.6 Å². The predicted molar refractivity (Wildman–Crippen MR) is 118 cm³/mol. The van der Waals surface area contributed by atoms with Gasteiger partial charge in [-0.25, -0.2) is 14.4 Å². The van der Waals surface area contributed by atoms with Gasteiger partial charge in [0.25, 0.3) is 0 Å². The molecule has 0 aliphatic carbocycles. The third-order valence-electron chi connectivity index (χ3n) is 3.32. The van der Waals surface area contributed by atoms with Gasteiger partial charge in [0, 0.05) is 28.6 Å². The molecule has 25 heavy (non-hydrogen) atoms. The Morgan fingerprint density at radius 2 is 2.16 bits per heavy atom. The van der Waals surface area contributed by atoms with E-state index in [4.69, 9.17) is 0 Å². The highest BCUT2D eigenvalue weighted by Crippen LogP contribution is 2.16. The fourth-order valence-electron chi connectivity index (χ4n) is 2.17. The van der Waals surface area contributed by atoms with E-state index >= 15 is 0 Å². The Balaban J connectivity index is 0.00000312. The van der Waals surface area contributed by atoms with Crippen LogP contribution in [-0.2, 0) is 13.0 Å². The van der Waals surface area contributed by atoms with E-state index in [1.54, 1.807) is 11.3 Å². The maximum absolute atomic E-state index is 13.8. The van der Waals surface area contributed by atoms with Crippen LogP contribution in [-0.4, -0.2) is 24.0 Å². The van der Waals surface area contributed by atoms with Gasteiger partial charge in [0.1, 0.15) is 10.8 Å². The van der Waals surface area contributed by atoms with E-state index in [0.29, 0.717) is 13.0 Å². The molecule has 0 atom stereocenters. The molecule has 1 aromatic heterocycles. The van der Waals surface area contributed by atoms with Gasteiger partial charge in [0.2, 0.25) is 0 Å². The zero-order valence-corrected chi connectivity index (χ0v) is 19.0. The highest BCUT2D eigenvalue weighted by Gasteiger charge is 2.04. The van der Waals surface area contributed by atoms with E-state index in [-0.39, 0.29) is 29.8 Å². The van der Waals surface area contributed by atoms with Crippen LogP contribution in [0.3, 0.4) is 0 Å². The lowest BCUT2D eigenvalue weighted by molar-refractivity contribution is 0.602. The summed E-state index contributed by atoms with van der Waals surface area (Å²) >= 11 is 4.93. The van der Waals surface area contributed by atoms with Gasteiger partial charge in [-0.05, 0) is 44.4 Å². The Morgan fingerprint density at radius 1 is 1.36 bits per heavy atom. The van der Waals surface area contributed by atoms with Crippen molar-refractivity contribution >= 4 is 57.2 Å². The first kappa shape index (κ1) is 22.3. The number of rotatable bonds is 7. The maximum Gasteiger partial charge on any atom is 0.191 e. The minimum atomic E-state index is -0.163. The molecule has 138 valence electrons. The average Bonchev–Trinajstić information content (AvgIpc) is 2.96. The number of hydrogen-bond acceptors (Lipinski definition) is 3. The summed E-state index contributed by atoms with van der Waals surface area (Å²) in [7, 11) is 0. The molecule has 0 amide bonds. The molecule has 0 fully saturated rings. The van der Waals surface area contributed by atoms with Crippen molar-refractivity contribution in [3.05, 3.63) is 50.1 Å². The molecule has 4 nitrogen and oxygen atoms in total. The highest BCUT2D eigenvalue weighted by atomic mass is 127. The van der Waals surface area contributed by atoms with E-state index in [9.17, 15) is 4.39 Å². The van der Waals surface area contributed by atoms with Crippen LogP contribution < -0.4 is 10.6 Å². The molecular weight excluding hydrogens is 518 g/mol. The molecule has 1 aromatic carbocycles. The van der Waals surface area contributed by atoms with Gasteiger partial charge in [-0.1, -0.05) is 22.0 Å². The van der Waals surface area contributed by atoms with Crippen molar-refractivity contribution in [1.82, 2.24) is 15.6 Å². The first-order valence-corrected chi connectivity index (χ1v) is 9.57. The van der Waals surface area contributed by atoms with Gasteiger partial charge in [-0.3, -0.25) is 0 Å². The van der Waals surface area contributed by atoms with Gasteiger partial charge in [0.15, 0.2) is 5.96 Å². The van der Waals surface area contributed by atoms with Crippen LogP contribution in [0.2, 0.25) is 0 Å². The van der Waals surface area contributed by atoms with Gasteiger partial charge in [-0.15, -0.1) is 35.3 Å². The first-order valence-electron chi connectivity index (χ1n) is 7.96. The lowest BCUT2D eigenvalue weighted by Crippen LogP contribution is -2.37. The van der Waals surface area contributed by atoms with Crippen LogP contribution >= 0.6 is 51.2 Å². The average molecular weight is 541 g/mol. The van der Waals surface area contributed by atoms with Crippen LogP contribution in [0, 0.1) is 12.7 Å². The number of nitrogens with one attached hydrogen (secondary N) is 2. The molecule has 0 bridgehead atoms. The number of nitrogens with zero attached hydrogens (tertiary/aromatic N) is 2. The molecule has 8 heteroatoms. The van der Waals surface area contributed by atoms with E-state index < -0.39 is 0 Å². The summed E-state index contributed by atoms with van der Waals surface area (Å²) in [5.41, 5.74) is 0.736. The van der Waals surface area contributed by atoms with E-state index in [0.717, 1.165) is 40.5 Å². The van der Waals surface area contributed by atoms with Gasteiger partial charge in [0.05, 0.1) is 6.54 Å². The van der Waals surface area contributed by atoms with Crippen LogP contribution in [0.15, 0.2) is 33.9 Å². The summed E-state index contributed by atoms with van der Waals surface area (Å²) < 4.78 is 14.5. The molecule has 2 aromatic rings. The molecule has 1 heterocycles. The number of thiazole rings is 1. The number of guanidine groups is 1. The number of halogens is 3. The van der Waals surface area contributed by atoms with Crippen LogP contribution in [0.1, 0.15) is 28.8 Å². The second kappa shape index (κ2) is 11.8. The zero-order valence-electron chi connectivity index (χ0n) is 14.3. The fourth-order valence-corrected chi connectivity index (χ4v) is 3.22. The monoisotopic (exact) mass is 540 g/mol. The van der Waals surface area contributed by atoms with E-state index in [2.05, 4.69) is 36.5 Å². The Bertz CT molecular complexity index is 693. The molecular formula is C17H23BrFIN4S. The minimum Gasteiger partial charge on any atom is -0.357 e. The van der Waals surface area contributed by atoms with E-state index in [1.165, 1.54) is 10.9 Å². The predicted octanol–water partition coefficient (Wildman–Crippen LogP) is 4.66. The minimum absolute atomic E-state index is 0. The number of aliphatic imine (C=N–C) groups is 1. The van der Waals surface area contributed by atoms with Crippen LogP contribution in [0.5, 0.6) is 0 Å². The van der Waals surface area contributed by atoms with Crippen LogP contribution in [0.25, 0.3) is 0 Å². The quantitative estimate of drug-likeness (QED) is 0.232. The van der Waals surface area contributed by atoms with Crippen molar-refractivity contribution in [1.29, 1.82) is 0 Å². The fraction of sp³-hybridized carbons (Fsp3) is 0.412. The highest BCUT2D eigenvalue weighted by molar-refractivity contribution is 14.0. The second-order valence-electron chi connectivity index (χ2n) is 5.33. The van der Waals surface area contributed by atoms with Crippen molar-refractivity contribution in [2.24, 2.45) is 4.99 Å². The molecule has 0 unspecified atom stereocenters. The summed E-state index contributed by atoms with van der Waals surface area (Å²) in [6, 6.07) is 5.20. The van der Waals surface area contributed by atoms with E-state index in [1.807, 2.05) is 32.2 Å². The molecule has 0 saturated carbocycles. The SMILES string of the molecule is CCNC(=NCc1ncc(C)s1)NCCCc1ccc(Br)cc1F.I. The first-order chi connectivity index (χ1) is 11.6. The topological polar surface area (TPSA) is 49.3 Å². The van der Waals surface area contributed by atoms with Crippen molar-refractivity contribution in [3.63, 3.8) is 0 Å². The third kappa shape index (κ3) is 8.00. The molecule has 2 rings (SSSR count). The number of aromatic nitrogens is 1. The largest absolute Gasteiger partial charge is 0.357 e. The molecule has 0 spiro atoms.